The van der Waals surface area contributed by atoms with Crippen molar-refractivity contribution in [3.05, 3.63) is 35.9 Å². The first kappa shape index (κ1) is 13.1. The molecular weight excluding hydrogens is 224 g/mol. The van der Waals surface area contributed by atoms with Crippen LogP contribution < -0.4 is 0 Å². The molecule has 1 aliphatic rings. The van der Waals surface area contributed by atoms with Gasteiger partial charge in [0, 0.05) is 0 Å². The lowest BCUT2D eigenvalue weighted by Crippen LogP contribution is -2.44. The predicted octanol–water partition coefficient (Wildman–Crippen LogP) is 3.74. The lowest BCUT2D eigenvalue weighted by molar-refractivity contribution is -0.186. The van der Waals surface area contributed by atoms with E-state index in [2.05, 4.69) is 31.2 Å². The second-order valence-electron chi connectivity index (χ2n) is 5.10. The van der Waals surface area contributed by atoms with Gasteiger partial charge >= 0.3 is 5.97 Å². The number of cyclic esters (lactones) is 1. The van der Waals surface area contributed by atoms with Gasteiger partial charge in [-0.1, -0.05) is 50.1 Å². The third kappa shape index (κ3) is 3.34. The van der Waals surface area contributed by atoms with E-state index < -0.39 is 0 Å². The van der Waals surface area contributed by atoms with Crippen LogP contribution in [0.15, 0.2) is 30.3 Å². The summed E-state index contributed by atoms with van der Waals surface area (Å²) >= 11 is 0. The van der Waals surface area contributed by atoms with Crippen LogP contribution in [0.25, 0.3) is 0 Å². The highest BCUT2D eigenvalue weighted by molar-refractivity contribution is 5.78. The fourth-order valence-corrected chi connectivity index (χ4v) is 2.58. The van der Waals surface area contributed by atoms with Crippen LogP contribution in [0.1, 0.15) is 44.6 Å². The molecule has 0 aromatic heterocycles. The van der Waals surface area contributed by atoms with Gasteiger partial charge in [-0.15, -0.1) is 0 Å². The van der Waals surface area contributed by atoms with Crippen LogP contribution in [0.3, 0.4) is 0 Å². The highest BCUT2D eigenvalue weighted by atomic mass is 16.6. The van der Waals surface area contributed by atoms with Gasteiger partial charge in [0.15, 0.2) is 0 Å². The van der Waals surface area contributed by atoms with E-state index in [1.807, 2.05) is 6.07 Å². The van der Waals surface area contributed by atoms with Crippen LogP contribution >= 0.6 is 0 Å². The number of rotatable bonds is 7. The van der Waals surface area contributed by atoms with Gasteiger partial charge in [0.05, 0.1) is 5.92 Å². The standard InChI is InChI=1S/C16H22O2/c1-2-8-15-14(16(17)18-15)12-7-6-11-13-9-4-3-5-10-13/h3-5,9-10,14-15H,2,6-8,11-12H2,1H3/t14-,15+/m1/s1. The molecule has 0 aliphatic carbocycles. The lowest BCUT2D eigenvalue weighted by atomic mass is 9.88. The summed E-state index contributed by atoms with van der Waals surface area (Å²) in [6, 6.07) is 10.5. The third-order valence-corrected chi connectivity index (χ3v) is 3.67. The Hall–Kier alpha value is -1.31. The number of unbranched alkanes of at least 4 members (excludes halogenated alkanes) is 1. The molecule has 2 heteroatoms. The van der Waals surface area contributed by atoms with E-state index in [-0.39, 0.29) is 18.0 Å². The van der Waals surface area contributed by atoms with E-state index in [4.69, 9.17) is 4.74 Å². The molecule has 0 spiro atoms. The summed E-state index contributed by atoms with van der Waals surface area (Å²) in [4.78, 5) is 11.4. The van der Waals surface area contributed by atoms with Crippen molar-refractivity contribution in [2.75, 3.05) is 0 Å². The summed E-state index contributed by atoms with van der Waals surface area (Å²) in [5, 5.41) is 0. The van der Waals surface area contributed by atoms with Crippen molar-refractivity contribution in [2.24, 2.45) is 5.92 Å². The van der Waals surface area contributed by atoms with Crippen molar-refractivity contribution in [3.63, 3.8) is 0 Å². The fraction of sp³-hybridized carbons (Fsp3) is 0.562. The highest BCUT2D eigenvalue weighted by Gasteiger charge is 2.40. The molecule has 98 valence electrons. The first-order chi connectivity index (χ1) is 8.81. The molecule has 1 fully saturated rings. The minimum atomic E-state index is 0.0214. The summed E-state index contributed by atoms with van der Waals surface area (Å²) < 4.78 is 5.17. The average Bonchev–Trinajstić information content (AvgIpc) is 2.39. The van der Waals surface area contributed by atoms with E-state index in [1.165, 1.54) is 5.56 Å². The van der Waals surface area contributed by atoms with Crippen molar-refractivity contribution in [1.29, 1.82) is 0 Å². The molecular formula is C16H22O2. The Morgan fingerprint density at radius 3 is 2.56 bits per heavy atom. The Bertz CT molecular complexity index is 372. The number of carbonyl (C=O) groups excluding carboxylic acids is 1. The van der Waals surface area contributed by atoms with Crippen LogP contribution in [0, 0.1) is 5.92 Å². The Morgan fingerprint density at radius 1 is 1.11 bits per heavy atom. The zero-order valence-corrected chi connectivity index (χ0v) is 11.1. The quantitative estimate of drug-likeness (QED) is 0.541. The van der Waals surface area contributed by atoms with Crippen molar-refractivity contribution in [2.45, 2.75) is 51.6 Å². The van der Waals surface area contributed by atoms with Crippen molar-refractivity contribution in [3.8, 4) is 0 Å². The summed E-state index contributed by atoms with van der Waals surface area (Å²) in [6.45, 7) is 2.14. The third-order valence-electron chi connectivity index (χ3n) is 3.67. The molecule has 0 N–H and O–H groups in total. The first-order valence-electron chi connectivity index (χ1n) is 7.05. The molecule has 2 atom stereocenters. The van der Waals surface area contributed by atoms with Gasteiger partial charge in [-0.3, -0.25) is 4.79 Å². The maximum atomic E-state index is 11.4. The Labute approximate surface area is 109 Å². The summed E-state index contributed by atoms with van der Waals surface area (Å²) in [6.07, 6.45) is 6.71. The van der Waals surface area contributed by atoms with Gasteiger partial charge in [-0.25, -0.2) is 0 Å². The van der Waals surface area contributed by atoms with Gasteiger partial charge in [0.2, 0.25) is 0 Å². The first-order valence-corrected chi connectivity index (χ1v) is 7.05. The van der Waals surface area contributed by atoms with E-state index >= 15 is 0 Å². The largest absolute Gasteiger partial charge is 0.461 e. The lowest BCUT2D eigenvalue weighted by Gasteiger charge is -2.35. The number of hydrogen-bond donors (Lipinski definition) is 0. The second kappa shape index (κ2) is 6.58. The van der Waals surface area contributed by atoms with Gasteiger partial charge < -0.3 is 4.74 Å². The summed E-state index contributed by atoms with van der Waals surface area (Å²) in [7, 11) is 0. The number of esters is 1. The molecule has 0 unspecified atom stereocenters. The zero-order chi connectivity index (χ0) is 12.8. The molecule has 2 rings (SSSR count). The molecule has 18 heavy (non-hydrogen) atoms. The molecule has 1 heterocycles. The van der Waals surface area contributed by atoms with Crippen LogP contribution in [0.4, 0.5) is 0 Å². The van der Waals surface area contributed by atoms with Gasteiger partial charge in [0.1, 0.15) is 6.10 Å². The molecule has 0 amide bonds. The van der Waals surface area contributed by atoms with E-state index in [9.17, 15) is 4.79 Å². The summed E-state index contributed by atoms with van der Waals surface area (Å²) in [5.74, 6) is 0.203. The molecule has 2 nitrogen and oxygen atoms in total. The van der Waals surface area contributed by atoms with Crippen molar-refractivity contribution >= 4 is 5.97 Å². The minimum Gasteiger partial charge on any atom is -0.461 e. The number of aryl methyl sites for hydroxylation is 1. The van der Waals surface area contributed by atoms with Crippen LogP contribution in [0.2, 0.25) is 0 Å². The maximum absolute atomic E-state index is 11.4. The monoisotopic (exact) mass is 246 g/mol. The van der Waals surface area contributed by atoms with Gasteiger partial charge in [-0.05, 0) is 31.2 Å². The normalized spacial score (nSPS) is 22.4. The number of hydrogen-bond acceptors (Lipinski definition) is 2. The van der Waals surface area contributed by atoms with Crippen LogP contribution in [-0.4, -0.2) is 12.1 Å². The van der Waals surface area contributed by atoms with E-state index in [0.29, 0.717) is 0 Å². The van der Waals surface area contributed by atoms with Gasteiger partial charge in [-0.2, -0.15) is 0 Å². The maximum Gasteiger partial charge on any atom is 0.313 e. The molecule has 0 saturated carbocycles. The molecule has 1 saturated heterocycles. The highest BCUT2D eigenvalue weighted by Crippen LogP contribution is 2.30. The topological polar surface area (TPSA) is 26.3 Å². The Morgan fingerprint density at radius 2 is 1.89 bits per heavy atom. The number of benzene rings is 1. The van der Waals surface area contributed by atoms with Crippen molar-refractivity contribution in [1.82, 2.24) is 0 Å². The number of carbonyl (C=O) groups is 1. The van der Waals surface area contributed by atoms with E-state index in [0.717, 1.165) is 38.5 Å². The molecule has 1 aromatic carbocycles. The molecule has 0 radical (unpaired) electrons. The average molecular weight is 246 g/mol. The van der Waals surface area contributed by atoms with Crippen molar-refractivity contribution < 1.29 is 9.53 Å². The second-order valence-corrected chi connectivity index (χ2v) is 5.10. The molecule has 1 aromatic rings. The zero-order valence-electron chi connectivity index (χ0n) is 11.1. The van der Waals surface area contributed by atoms with Crippen LogP contribution in [0.5, 0.6) is 0 Å². The fourth-order valence-electron chi connectivity index (χ4n) is 2.58. The molecule has 0 bridgehead atoms. The van der Waals surface area contributed by atoms with Gasteiger partial charge in [0.25, 0.3) is 0 Å². The smallest absolute Gasteiger partial charge is 0.313 e. The SMILES string of the molecule is CCC[C@@H]1OC(=O)[C@@H]1CCCCc1ccccc1. The van der Waals surface area contributed by atoms with E-state index in [1.54, 1.807) is 0 Å². The minimum absolute atomic E-state index is 0.0214. The number of ether oxygens (including phenoxy) is 1. The predicted molar refractivity (Wildman–Crippen MR) is 72.3 cm³/mol. The van der Waals surface area contributed by atoms with Crippen LogP contribution in [-0.2, 0) is 16.0 Å². The molecule has 1 aliphatic heterocycles. The Kier molecular flexibility index (Phi) is 4.80. The summed E-state index contributed by atoms with van der Waals surface area (Å²) in [5.41, 5.74) is 1.39. The Balaban J connectivity index is 1.65.